The van der Waals surface area contributed by atoms with Crippen molar-refractivity contribution in [2.45, 2.75) is 51.7 Å². The number of nitrogens with one attached hydrogen (secondary N) is 1. The van der Waals surface area contributed by atoms with E-state index in [1.807, 2.05) is 30.3 Å². The van der Waals surface area contributed by atoms with Crippen molar-refractivity contribution in [2.75, 3.05) is 5.32 Å². The highest BCUT2D eigenvalue weighted by atomic mass is 19.1. The third kappa shape index (κ3) is 5.74. The third-order valence-corrected chi connectivity index (χ3v) is 2.66. The molecule has 0 aliphatic heterocycles. The Labute approximate surface area is 98.1 Å². The lowest BCUT2D eigenvalue weighted by atomic mass is 10.1. The first-order valence-electron chi connectivity index (χ1n) is 6.28. The molecule has 1 rings (SSSR count). The molecule has 0 fully saturated rings. The highest BCUT2D eigenvalue weighted by molar-refractivity contribution is 5.42. The molecule has 0 aliphatic carbocycles. The lowest BCUT2D eigenvalue weighted by Gasteiger charge is -2.11. The summed E-state index contributed by atoms with van der Waals surface area (Å²) in [5, 5.41) is 2.87. The normalized spacial score (nSPS) is 12.4. The van der Waals surface area contributed by atoms with E-state index in [-0.39, 0.29) is 0 Å². The summed E-state index contributed by atoms with van der Waals surface area (Å²) in [7, 11) is 0. The number of benzene rings is 1. The number of anilines is 1. The number of hydrogen-bond donors (Lipinski definition) is 1. The molecule has 0 saturated heterocycles. The van der Waals surface area contributed by atoms with Crippen LogP contribution < -0.4 is 5.32 Å². The Morgan fingerprint density at radius 1 is 1.06 bits per heavy atom. The van der Waals surface area contributed by atoms with Crippen LogP contribution in [0.3, 0.4) is 0 Å². The summed E-state index contributed by atoms with van der Waals surface area (Å²) in [5.74, 6) is 0. The number of halogens is 1. The summed E-state index contributed by atoms with van der Waals surface area (Å²) in [6, 6.07) is 9.54. The largest absolute Gasteiger partial charge is 0.356 e. The Morgan fingerprint density at radius 2 is 1.75 bits per heavy atom. The van der Waals surface area contributed by atoms with E-state index in [1.54, 1.807) is 0 Å². The summed E-state index contributed by atoms with van der Waals surface area (Å²) < 4.78 is 13.5. The van der Waals surface area contributed by atoms with Crippen LogP contribution in [0.1, 0.15) is 45.4 Å². The minimum atomic E-state index is -0.913. The zero-order valence-electron chi connectivity index (χ0n) is 10.1. The zero-order valence-corrected chi connectivity index (χ0v) is 10.1. The van der Waals surface area contributed by atoms with Crippen LogP contribution in [0, 0.1) is 0 Å². The number of alkyl halides is 1. The van der Waals surface area contributed by atoms with Crippen LogP contribution in [0.25, 0.3) is 0 Å². The predicted octanol–water partition coefficient (Wildman–Crippen LogP) is 4.75. The van der Waals surface area contributed by atoms with Gasteiger partial charge < -0.3 is 5.32 Å². The second-order valence-corrected chi connectivity index (χ2v) is 4.18. The van der Waals surface area contributed by atoms with Gasteiger partial charge in [0.15, 0.2) is 6.30 Å². The molecule has 0 bridgehead atoms. The van der Waals surface area contributed by atoms with Crippen molar-refractivity contribution in [1.29, 1.82) is 0 Å². The SMILES string of the molecule is CCCCCCCC(F)Nc1ccccc1. The highest BCUT2D eigenvalue weighted by Crippen LogP contribution is 2.13. The van der Waals surface area contributed by atoms with Crippen LogP contribution in [0.5, 0.6) is 0 Å². The van der Waals surface area contributed by atoms with Gasteiger partial charge in [-0.05, 0) is 25.0 Å². The fraction of sp³-hybridized carbons (Fsp3) is 0.571. The van der Waals surface area contributed by atoms with Gasteiger partial charge in [0.25, 0.3) is 0 Å². The van der Waals surface area contributed by atoms with Crippen molar-refractivity contribution in [1.82, 2.24) is 0 Å². The highest BCUT2D eigenvalue weighted by Gasteiger charge is 2.04. The smallest absolute Gasteiger partial charge is 0.170 e. The molecule has 0 saturated carbocycles. The van der Waals surface area contributed by atoms with Gasteiger partial charge in [-0.3, -0.25) is 0 Å². The topological polar surface area (TPSA) is 12.0 Å². The van der Waals surface area contributed by atoms with Crippen LogP contribution in [-0.2, 0) is 0 Å². The Kier molecular flexibility index (Phi) is 6.62. The average molecular weight is 223 g/mol. The summed E-state index contributed by atoms with van der Waals surface area (Å²) in [4.78, 5) is 0. The van der Waals surface area contributed by atoms with Crippen molar-refractivity contribution in [3.63, 3.8) is 0 Å². The van der Waals surface area contributed by atoms with Gasteiger partial charge in [-0.15, -0.1) is 0 Å². The van der Waals surface area contributed by atoms with Crippen molar-refractivity contribution in [3.05, 3.63) is 30.3 Å². The van der Waals surface area contributed by atoms with E-state index >= 15 is 0 Å². The lowest BCUT2D eigenvalue weighted by molar-refractivity contribution is 0.340. The Hall–Kier alpha value is -1.05. The second-order valence-electron chi connectivity index (χ2n) is 4.18. The molecule has 1 aromatic rings. The molecule has 2 heteroatoms. The zero-order chi connectivity index (χ0) is 11.6. The van der Waals surface area contributed by atoms with Gasteiger partial charge >= 0.3 is 0 Å². The van der Waals surface area contributed by atoms with Gasteiger partial charge in [0.1, 0.15) is 0 Å². The number of rotatable bonds is 8. The maximum Gasteiger partial charge on any atom is 0.170 e. The monoisotopic (exact) mass is 223 g/mol. The van der Waals surface area contributed by atoms with Crippen LogP contribution in [0.15, 0.2) is 30.3 Å². The fourth-order valence-corrected chi connectivity index (χ4v) is 1.71. The van der Waals surface area contributed by atoms with Gasteiger partial charge in [-0.25, -0.2) is 4.39 Å². The fourth-order valence-electron chi connectivity index (χ4n) is 1.71. The van der Waals surface area contributed by atoms with Gasteiger partial charge in [0.05, 0.1) is 0 Å². The standard InChI is InChI=1S/C14H22FN/c1-2-3-4-5-9-12-14(15)16-13-10-7-6-8-11-13/h6-8,10-11,14,16H,2-5,9,12H2,1H3. The molecular formula is C14H22FN. The molecule has 16 heavy (non-hydrogen) atoms. The minimum absolute atomic E-state index is 0.610. The third-order valence-electron chi connectivity index (χ3n) is 2.66. The molecule has 90 valence electrons. The molecule has 1 N–H and O–H groups in total. The molecule has 0 radical (unpaired) electrons. The molecule has 1 nitrogen and oxygen atoms in total. The molecule has 0 amide bonds. The molecular weight excluding hydrogens is 201 g/mol. The Morgan fingerprint density at radius 3 is 2.44 bits per heavy atom. The second kappa shape index (κ2) is 8.14. The van der Waals surface area contributed by atoms with E-state index in [1.165, 1.54) is 19.3 Å². The van der Waals surface area contributed by atoms with E-state index in [4.69, 9.17) is 0 Å². The van der Waals surface area contributed by atoms with Crippen LogP contribution in [0.4, 0.5) is 10.1 Å². The molecule has 1 aromatic carbocycles. The van der Waals surface area contributed by atoms with E-state index < -0.39 is 6.30 Å². The molecule has 0 spiro atoms. The number of hydrogen-bond acceptors (Lipinski definition) is 1. The first kappa shape index (κ1) is 13.0. The van der Waals surface area contributed by atoms with Crippen molar-refractivity contribution in [3.8, 4) is 0 Å². The Bertz CT molecular complexity index is 261. The number of para-hydroxylation sites is 1. The first-order chi connectivity index (χ1) is 7.83. The summed E-state index contributed by atoms with van der Waals surface area (Å²) >= 11 is 0. The van der Waals surface area contributed by atoms with Gasteiger partial charge in [0.2, 0.25) is 0 Å². The van der Waals surface area contributed by atoms with Gasteiger partial charge in [-0.2, -0.15) is 0 Å². The maximum absolute atomic E-state index is 13.5. The van der Waals surface area contributed by atoms with Crippen LogP contribution >= 0.6 is 0 Å². The molecule has 0 heterocycles. The van der Waals surface area contributed by atoms with E-state index in [0.717, 1.165) is 18.5 Å². The van der Waals surface area contributed by atoms with Crippen molar-refractivity contribution < 1.29 is 4.39 Å². The average Bonchev–Trinajstić information content (AvgIpc) is 2.30. The van der Waals surface area contributed by atoms with E-state index in [2.05, 4.69) is 12.2 Å². The minimum Gasteiger partial charge on any atom is -0.356 e. The van der Waals surface area contributed by atoms with Crippen LogP contribution in [0.2, 0.25) is 0 Å². The predicted molar refractivity (Wildman–Crippen MR) is 68.3 cm³/mol. The molecule has 1 unspecified atom stereocenters. The van der Waals surface area contributed by atoms with Gasteiger partial charge in [0, 0.05) is 5.69 Å². The molecule has 0 aromatic heterocycles. The maximum atomic E-state index is 13.5. The summed E-state index contributed by atoms with van der Waals surface area (Å²) in [6.07, 6.45) is 5.55. The molecule has 0 aliphatic rings. The quantitative estimate of drug-likeness (QED) is 0.495. The van der Waals surface area contributed by atoms with Gasteiger partial charge in [-0.1, -0.05) is 50.8 Å². The first-order valence-corrected chi connectivity index (χ1v) is 6.28. The number of unbranched alkanes of at least 4 members (excludes halogenated alkanes) is 4. The molecule has 1 atom stereocenters. The summed E-state index contributed by atoms with van der Waals surface area (Å²) in [6.45, 7) is 2.19. The van der Waals surface area contributed by atoms with Crippen molar-refractivity contribution in [2.24, 2.45) is 0 Å². The Balaban J connectivity index is 2.09. The van der Waals surface area contributed by atoms with Crippen LogP contribution in [-0.4, -0.2) is 6.30 Å². The summed E-state index contributed by atoms with van der Waals surface area (Å²) in [5.41, 5.74) is 0.864. The van der Waals surface area contributed by atoms with E-state index in [0.29, 0.717) is 6.42 Å². The van der Waals surface area contributed by atoms with Crippen molar-refractivity contribution >= 4 is 5.69 Å². The van der Waals surface area contributed by atoms with E-state index in [9.17, 15) is 4.39 Å². The lowest BCUT2D eigenvalue weighted by Crippen LogP contribution is -2.12.